The highest BCUT2D eigenvalue weighted by molar-refractivity contribution is 9.10. The Morgan fingerprint density at radius 1 is 1.36 bits per heavy atom. The van der Waals surface area contributed by atoms with Crippen molar-refractivity contribution >= 4 is 22.0 Å². The van der Waals surface area contributed by atoms with Crippen molar-refractivity contribution in [2.24, 2.45) is 5.92 Å². The lowest BCUT2D eigenvalue weighted by Gasteiger charge is -2.26. The molecule has 6 heteroatoms. The molecule has 1 aromatic carbocycles. The Kier molecular flexibility index (Phi) is 7.25. The van der Waals surface area contributed by atoms with E-state index in [2.05, 4.69) is 26.6 Å². The first kappa shape index (κ1) is 20.2. The van der Waals surface area contributed by atoms with Gasteiger partial charge in [-0.3, -0.25) is 0 Å². The average molecular weight is 415 g/mol. The van der Waals surface area contributed by atoms with Gasteiger partial charge in [-0.15, -0.1) is 0 Å². The summed E-state index contributed by atoms with van der Waals surface area (Å²) < 4.78 is 19.7. The lowest BCUT2D eigenvalue weighted by atomic mass is 9.97. The molecule has 1 aliphatic carbocycles. The molecular formula is C19H28BrFN2O2. The minimum absolute atomic E-state index is 0.144. The van der Waals surface area contributed by atoms with Crippen molar-refractivity contribution in [1.29, 1.82) is 0 Å². The number of hydrogen-bond donors (Lipinski definition) is 2. The Balaban J connectivity index is 1.94. The zero-order chi connectivity index (χ0) is 18.4. The first-order valence-corrected chi connectivity index (χ1v) is 9.68. The fourth-order valence-corrected chi connectivity index (χ4v) is 3.58. The highest BCUT2D eigenvalue weighted by Gasteiger charge is 2.26. The van der Waals surface area contributed by atoms with Crippen LogP contribution in [0.1, 0.15) is 52.0 Å². The van der Waals surface area contributed by atoms with Gasteiger partial charge in [0.1, 0.15) is 11.4 Å². The Hall–Kier alpha value is -1.14. The predicted octanol–water partition coefficient (Wildman–Crippen LogP) is 4.76. The number of alkyl carbamates (subject to hydrolysis) is 1. The standard InChI is InChI=1S/C19H28BrFN2O2/c1-19(2,3)25-18(24)23-12-17(13-6-4-5-7-13)22-11-14-10-15(21)8-9-16(14)20/h8-10,13,17,22H,4-7,11-12H2,1-3H3,(H,23,24). The highest BCUT2D eigenvalue weighted by Crippen LogP contribution is 2.28. The number of benzene rings is 1. The Bertz CT molecular complexity index is 583. The molecule has 2 rings (SSSR count). The van der Waals surface area contributed by atoms with Crippen LogP contribution in [0.5, 0.6) is 0 Å². The Morgan fingerprint density at radius 2 is 2.04 bits per heavy atom. The summed E-state index contributed by atoms with van der Waals surface area (Å²) in [6, 6.07) is 4.83. The van der Waals surface area contributed by atoms with Gasteiger partial charge in [-0.05, 0) is 63.3 Å². The summed E-state index contributed by atoms with van der Waals surface area (Å²) in [5.74, 6) is 0.270. The number of rotatable bonds is 6. The van der Waals surface area contributed by atoms with Crippen LogP contribution in [-0.2, 0) is 11.3 Å². The molecule has 0 aromatic heterocycles. The number of ether oxygens (including phenoxy) is 1. The lowest BCUT2D eigenvalue weighted by molar-refractivity contribution is 0.0518. The molecule has 0 radical (unpaired) electrons. The lowest BCUT2D eigenvalue weighted by Crippen LogP contribution is -2.45. The van der Waals surface area contributed by atoms with E-state index in [-0.39, 0.29) is 11.9 Å². The van der Waals surface area contributed by atoms with E-state index in [0.29, 0.717) is 19.0 Å². The van der Waals surface area contributed by atoms with Gasteiger partial charge in [-0.2, -0.15) is 0 Å². The summed E-state index contributed by atoms with van der Waals surface area (Å²) in [5, 5.41) is 6.37. The SMILES string of the molecule is CC(C)(C)OC(=O)NCC(NCc1cc(F)ccc1Br)C1CCCC1. The number of amides is 1. The molecule has 1 saturated carbocycles. The predicted molar refractivity (Wildman–Crippen MR) is 101 cm³/mol. The maximum absolute atomic E-state index is 13.5. The third-order valence-electron chi connectivity index (χ3n) is 4.40. The number of hydrogen-bond acceptors (Lipinski definition) is 3. The molecule has 1 aliphatic rings. The monoisotopic (exact) mass is 414 g/mol. The summed E-state index contributed by atoms with van der Waals surface area (Å²) in [4.78, 5) is 11.9. The van der Waals surface area contributed by atoms with Crippen LogP contribution >= 0.6 is 15.9 Å². The Morgan fingerprint density at radius 3 is 2.68 bits per heavy atom. The molecule has 1 aromatic rings. The van der Waals surface area contributed by atoms with E-state index in [1.165, 1.54) is 25.0 Å². The summed E-state index contributed by atoms with van der Waals surface area (Å²) >= 11 is 3.46. The van der Waals surface area contributed by atoms with Crippen molar-refractivity contribution in [3.8, 4) is 0 Å². The van der Waals surface area contributed by atoms with Gasteiger partial charge in [-0.25, -0.2) is 9.18 Å². The third kappa shape index (κ3) is 6.94. The maximum atomic E-state index is 13.5. The first-order valence-electron chi connectivity index (χ1n) is 8.89. The van der Waals surface area contributed by atoms with Crippen molar-refractivity contribution in [3.05, 3.63) is 34.1 Å². The van der Waals surface area contributed by atoms with Gasteiger partial charge < -0.3 is 15.4 Å². The molecule has 1 amide bonds. The molecule has 0 spiro atoms. The highest BCUT2D eigenvalue weighted by atomic mass is 79.9. The first-order chi connectivity index (χ1) is 11.7. The van der Waals surface area contributed by atoms with Crippen LogP contribution in [0.4, 0.5) is 9.18 Å². The topological polar surface area (TPSA) is 50.4 Å². The number of nitrogens with one attached hydrogen (secondary N) is 2. The molecule has 25 heavy (non-hydrogen) atoms. The van der Waals surface area contributed by atoms with Gasteiger partial charge in [-0.1, -0.05) is 28.8 Å². The third-order valence-corrected chi connectivity index (χ3v) is 5.17. The van der Waals surface area contributed by atoms with Gasteiger partial charge in [0.15, 0.2) is 0 Å². The fourth-order valence-electron chi connectivity index (χ4n) is 3.19. The minimum Gasteiger partial charge on any atom is -0.444 e. The molecular weight excluding hydrogens is 387 g/mol. The zero-order valence-corrected chi connectivity index (χ0v) is 16.8. The Labute approximate surface area is 158 Å². The summed E-state index contributed by atoms with van der Waals surface area (Å²) in [6.07, 6.45) is 4.35. The largest absolute Gasteiger partial charge is 0.444 e. The van der Waals surface area contributed by atoms with Crippen LogP contribution in [0.3, 0.4) is 0 Å². The molecule has 1 atom stereocenters. The number of carbonyl (C=O) groups excluding carboxylic acids is 1. The summed E-state index contributed by atoms with van der Waals surface area (Å²) in [6.45, 7) is 6.60. The second-order valence-electron chi connectivity index (χ2n) is 7.65. The van der Waals surface area contributed by atoms with Gasteiger partial charge in [0.2, 0.25) is 0 Å². The van der Waals surface area contributed by atoms with E-state index in [4.69, 9.17) is 4.74 Å². The van der Waals surface area contributed by atoms with Crippen LogP contribution in [0.25, 0.3) is 0 Å². The number of halogens is 2. The van der Waals surface area contributed by atoms with E-state index in [9.17, 15) is 9.18 Å². The molecule has 2 N–H and O–H groups in total. The van der Waals surface area contributed by atoms with Crippen LogP contribution in [0, 0.1) is 11.7 Å². The van der Waals surface area contributed by atoms with Crippen molar-refractivity contribution < 1.29 is 13.9 Å². The van der Waals surface area contributed by atoms with E-state index in [1.807, 2.05) is 20.8 Å². The van der Waals surface area contributed by atoms with Crippen molar-refractivity contribution in [1.82, 2.24) is 10.6 Å². The van der Waals surface area contributed by atoms with E-state index < -0.39 is 11.7 Å². The smallest absolute Gasteiger partial charge is 0.407 e. The van der Waals surface area contributed by atoms with Crippen LogP contribution in [-0.4, -0.2) is 24.3 Å². The molecule has 0 saturated heterocycles. The molecule has 0 aliphatic heterocycles. The van der Waals surface area contributed by atoms with Gasteiger partial charge in [0.05, 0.1) is 0 Å². The van der Waals surface area contributed by atoms with E-state index in [1.54, 1.807) is 6.07 Å². The summed E-state index contributed by atoms with van der Waals surface area (Å²) in [7, 11) is 0. The molecule has 4 nitrogen and oxygen atoms in total. The van der Waals surface area contributed by atoms with Crippen molar-refractivity contribution in [2.75, 3.05) is 6.54 Å². The van der Waals surface area contributed by atoms with E-state index >= 15 is 0 Å². The van der Waals surface area contributed by atoms with Crippen LogP contribution < -0.4 is 10.6 Å². The van der Waals surface area contributed by atoms with Gasteiger partial charge >= 0.3 is 6.09 Å². The van der Waals surface area contributed by atoms with Gasteiger partial charge in [0.25, 0.3) is 0 Å². The maximum Gasteiger partial charge on any atom is 0.407 e. The van der Waals surface area contributed by atoms with Crippen LogP contribution in [0.2, 0.25) is 0 Å². The second-order valence-corrected chi connectivity index (χ2v) is 8.50. The molecule has 140 valence electrons. The molecule has 1 fully saturated rings. The van der Waals surface area contributed by atoms with E-state index in [0.717, 1.165) is 22.9 Å². The van der Waals surface area contributed by atoms with Crippen molar-refractivity contribution in [3.63, 3.8) is 0 Å². The van der Waals surface area contributed by atoms with Crippen molar-refractivity contribution in [2.45, 2.75) is 64.6 Å². The number of carbonyl (C=O) groups is 1. The molecule has 0 bridgehead atoms. The average Bonchev–Trinajstić information content (AvgIpc) is 3.03. The molecule has 1 unspecified atom stereocenters. The fraction of sp³-hybridized carbons (Fsp3) is 0.632. The zero-order valence-electron chi connectivity index (χ0n) is 15.2. The quantitative estimate of drug-likeness (QED) is 0.705. The van der Waals surface area contributed by atoms with Crippen LogP contribution in [0.15, 0.2) is 22.7 Å². The molecule has 0 heterocycles. The summed E-state index contributed by atoms with van der Waals surface area (Å²) in [5.41, 5.74) is 0.368. The second kappa shape index (κ2) is 8.99. The minimum atomic E-state index is -0.507. The van der Waals surface area contributed by atoms with Gasteiger partial charge in [0, 0.05) is 23.6 Å². The normalized spacial score (nSPS) is 16.7.